The molecule has 0 N–H and O–H groups in total. The van der Waals surface area contributed by atoms with Gasteiger partial charge >= 0.3 is 5.22 Å². The first-order valence-electron chi connectivity index (χ1n) is 7.53. The number of piperidine rings is 1. The molecule has 25 heavy (non-hydrogen) atoms. The molecule has 1 aliphatic heterocycles. The zero-order chi connectivity index (χ0) is 18.2. The number of likely N-dealkylation sites (tertiary alicyclic amines) is 1. The molecular weight excluding hydrogens is 389 g/mol. The summed E-state index contributed by atoms with van der Waals surface area (Å²) >= 11 is 11.9. The van der Waals surface area contributed by atoms with E-state index >= 15 is 0 Å². The minimum atomic E-state index is -3.52. The minimum absolute atomic E-state index is 0.0762. The van der Waals surface area contributed by atoms with E-state index in [2.05, 4.69) is 10.2 Å². The van der Waals surface area contributed by atoms with E-state index in [4.69, 9.17) is 27.6 Å². The number of benzene rings is 1. The third-order valence-electron chi connectivity index (χ3n) is 4.03. The van der Waals surface area contributed by atoms with Crippen LogP contribution in [0.5, 0.6) is 0 Å². The maximum absolute atomic E-state index is 12.6. The fourth-order valence-electron chi connectivity index (χ4n) is 2.70. The Morgan fingerprint density at radius 1 is 1.24 bits per heavy atom. The Kier molecular flexibility index (Phi) is 5.04. The molecule has 2 aromatic rings. The van der Waals surface area contributed by atoms with Crippen molar-refractivity contribution in [2.45, 2.75) is 24.0 Å². The summed E-state index contributed by atoms with van der Waals surface area (Å²) in [5, 5.41) is 7.80. The summed E-state index contributed by atoms with van der Waals surface area (Å²) in [6, 6.07) is 4.77. The van der Waals surface area contributed by atoms with Crippen LogP contribution in [0.4, 0.5) is 0 Å². The Morgan fingerprint density at radius 3 is 2.48 bits per heavy atom. The van der Waals surface area contributed by atoms with Gasteiger partial charge in [0.2, 0.25) is 15.7 Å². The molecule has 0 radical (unpaired) electrons. The van der Waals surface area contributed by atoms with Crippen molar-refractivity contribution in [1.29, 1.82) is 0 Å². The first kappa shape index (κ1) is 18.2. The number of halogens is 2. The number of sulfone groups is 1. The molecule has 0 aliphatic carbocycles. The Labute approximate surface area is 154 Å². The quantitative estimate of drug-likeness (QED) is 0.781. The van der Waals surface area contributed by atoms with Gasteiger partial charge in [0.15, 0.2) is 0 Å². The van der Waals surface area contributed by atoms with Gasteiger partial charge in [-0.2, -0.15) is 0 Å². The van der Waals surface area contributed by atoms with Crippen LogP contribution >= 0.6 is 23.2 Å². The summed E-state index contributed by atoms with van der Waals surface area (Å²) in [5.74, 6) is 0.0484. The zero-order valence-electron chi connectivity index (χ0n) is 13.3. The highest BCUT2D eigenvalue weighted by atomic mass is 35.5. The van der Waals surface area contributed by atoms with Crippen molar-refractivity contribution in [3.63, 3.8) is 0 Å². The molecular formula is C15H15Cl2N3O4S. The lowest BCUT2D eigenvalue weighted by molar-refractivity contribution is 0.0705. The van der Waals surface area contributed by atoms with Crippen LogP contribution in [0.2, 0.25) is 10.0 Å². The van der Waals surface area contributed by atoms with Gasteiger partial charge in [-0.15, -0.1) is 5.10 Å². The maximum Gasteiger partial charge on any atom is 0.335 e. The van der Waals surface area contributed by atoms with E-state index < -0.39 is 9.84 Å². The molecule has 1 aromatic carbocycles. The van der Waals surface area contributed by atoms with Crippen LogP contribution in [0.25, 0.3) is 0 Å². The number of nitrogens with zero attached hydrogens (tertiary/aromatic N) is 3. The van der Waals surface area contributed by atoms with Crippen molar-refractivity contribution in [3.8, 4) is 0 Å². The molecule has 7 nitrogen and oxygen atoms in total. The Hall–Kier alpha value is -1.64. The highest BCUT2D eigenvalue weighted by Crippen LogP contribution is 2.30. The predicted octanol–water partition coefficient (Wildman–Crippen LogP) is 2.80. The molecule has 1 saturated heterocycles. The van der Waals surface area contributed by atoms with Gasteiger partial charge in [-0.05, 0) is 31.0 Å². The molecule has 0 bridgehead atoms. The normalized spacial score (nSPS) is 16.2. The third kappa shape index (κ3) is 3.96. The summed E-state index contributed by atoms with van der Waals surface area (Å²) in [4.78, 5) is 14.3. The summed E-state index contributed by atoms with van der Waals surface area (Å²) < 4.78 is 28.1. The standard InChI is InChI=1S/C15H15Cl2N3O4S/c1-25(22,23)15-19-18-13(24-15)9-4-6-20(7-5-9)14(21)11-3-2-10(16)8-12(11)17/h2-3,8-9H,4-7H2,1H3. The smallest absolute Gasteiger partial charge is 0.335 e. The van der Waals surface area contributed by atoms with Crippen molar-refractivity contribution < 1.29 is 17.6 Å². The van der Waals surface area contributed by atoms with E-state index in [1.54, 1.807) is 17.0 Å². The molecule has 1 amide bonds. The molecule has 2 heterocycles. The molecule has 0 saturated carbocycles. The van der Waals surface area contributed by atoms with Crippen molar-refractivity contribution in [3.05, 3.63) is 39.7 Å². The van der Waals surface area contributed by atoms with Crippen LogP contribution < -0.4 is 0 Å². The van der Waals surface area contributed by atoms with Crippen LogP contribution in [0.1, 0.15) is 35.0 Å². The van der Waals surface area contributed by atoms with Gasteiger partial charge in [0.05, 0.1) is 10.6 Å². The van der Waals surface area contributed by atoms with Crippen molar-refractivity contribution in [2.75, 3.05) is 19.3 Å². The lowest BCUT2D eigenvalue weighted by atomic mass is 9.96. The summed E-state index contributed by atoms with van der Waals surface area (Å²) in [7, 11) is -3.52. The minimum Gasteiger partial charge on any atom is -0.412 e. The number of rotatable bonds is 3. The van der Waals surface area contributed by atoms with E-state index in [0.29, 0.717) is 41.5 Å². The van der Waals surface area contributed by atoms with E-state index in [9.17, 15) is 13.2 Å². The summed E-state index contributed by atoms with van der Waals surface area (Å²) in [5.41, 5.74) is 0.404. The van der Waals surface area contributed by atoms with Crippen molar-refractivity contribution >= 4 is 38.9 Å². The molecule has 0 spiro atoms. The number of aromatic nitrogens is 2. The average Bonchev–Trinajstić information content (AvgIpc) is 3.05. The largest absolute Gasteiger partial charge is 0.412 e. The first-order chi connectivity index (χ1) is 11.8. The molecule has 1 aliphatic rings. The Morgan fingerprint density at radius 2 is 1.92 bits per heavy atom. The number of carbonyl (C=O) groups is 1. The molecule has 3 rings (SSSR count). The molecule has 0 unspecified atom stereocenters. The molecule has 1 fully saturated rings. The van der Waals surface area contributed by atoms with Crippen molar-refractivity contribution in [2.24, 2.45) is 0 Å². The van der Waals surface area contributed by atoms with Crippen LogP contribution in [0.3, 0.4) is 0 Å². The monoisotopic (exact) mass is 403 g/mol. The van der Waals surface area contributed by atoms with Gasteiger partial charge in [0.1, 0.15) is 0 Å². The Balaban J connectivity index is 1.67. The van der Waals surface area contributed by atoms with Gasteiger partial charge in [-0.25, -0.2) is 8.42 Å². The first-order valence-corrected chi connectivity index (χ1v) is 10.2. The molecule has 0 atom stereocenters. The van der Waals surface area contributed by atoms with E-state index in [-0.39, 0.29) is 22.9 Å². The number of hydrogen-bond donors (Lipinski definition) is 0. The van der Waals surface area contributed by atoms with Crippen LogP contribution in [0, 0.1) is 0 Å². The summed E-state index contributed by atoms with van der Waals surface area (Å²) in [6.07, 6.45) is 2.21. The topological polar surface area (TPSA) is 93.4 Å². The van der Waals surface area contributed by atoms with Gasteiger partial charge in [-0.1, -0.05) is 28.3 Å². The second-order valence-corrected chi connectivity index (χ2v) is 8.61. The SMILES string of the molecule is CS(=O)(=O)c1nnc(C2CCN(C(=O)c3ccc(Cl)cc3Cl)CC2)o1. The predicted molar refractivity (Wildman–Crippen MR) is 91.7 cm³/mol. The molecule has 10 heteroatoms. The summed E-state index contributed by atoms with van der Waals surface area (Å²) in [6.45, 7) is 0.970. The second-order valence-electron chi connectivity index (χ2n) is 5.87. The van der Waals surface area contributed by atoms with E-state index in [0.717, 1.165) is 6.26 Å². The second kappa shape index (κ2) is 6.93. The lowest BCUT2D eigenvalue weighted by Crippen LogP contribution is -2.38. The highest BCUT2D eigenvalue weighted by Gasteiger charge is 2.29. The van der Waals surface area contributed by atoms with Gasteiger partial charge in [0, 0.05) is 30.3 Å². The average molecular weight is 404 g/mol. The highest BCUT2D eigenvalue weighted by molar-refractivity contribution is 7.90. The van der Waals surface area contributed by atoms with Crippen LogP contribution in [-0.2, 0) is 9.84 Å². The number of amides is 1. The van der Waals surface area contributed by atoms with Crippen molar-refractivity contribution in [1.82, 2.24) is 15.1 Å². The zero-order valence-corrected chi connectivity index (χ0v) is 15.6. The van der Waals surface area contributed by atoms with Crippen LogP contribution in [0.15, 0.2) is 27.8 Å². The third-order valence-corrected chi connectivity index (χ3v) is 5.38. The van der Waals surface area contributed by atoms with Gasteiger partial charge < -0.3 is 9.32 Å². The number of hydrogen-bond acceptors (Lipinski definition) is 6. The van der Waals surface area contributed by atoms with E-state index in [1.807, 2.05) is 0 Å². The van der Waals surface area contributed by atoms with E-state index in [1.165, 1.54) is 6.07 Å². The Bertz CT molecular complexity index is 905. The lowest BCUT2D eigenvalue weighted by Gasteiger charge is -2.30. The molecule has 1 aromatic heterocycles. The van der Waals surface area contributed by atoms with Gasteiger partial charge in [0.25, 0.3) is 5.91 Å². The fraction of sp³-hybridized carbons (Fsp3) is 0.400. The fourth-order valence-corrected chi connectivity index (χ4v) is 3.61. The van der Waals surface area contributed by atoms with Crippen LogP contribution in [-0.4, -0.2) is 48.8 Å². The van der Waals surface area contributed by atoms with Gasteiger partial charge in [-0.3, -0.25) is 4.79 Å². The maximum atomic E-state index is 12.6. The molecule has 134 valence electrons. The number of carbonyl (C=O) groups excluding carboxylic acids is 1.